The lowest BCUT2D eigenvalue weighted by Gasteiger charge is -2.32. The van der Waals surface area contributed by atoms with Gasteiger partial charge in [-0.1, -0.05) is 0 Å². The molecule has 1 amide bonds. The number of amides is 1. The van der Waals surface area contributed by atoms with Crippen molar-refractivity contribution >= 4 is 5.91 Å². The Bertz CT molecular complexity index is 1500. The zero-order valence-electron chi connectivity index (χ0n) is 19.2. The number of imidazole rings is 1. The van der Waals surface area contributed by atoms with Gasteiger partial charge in [0.15, 0.2) is 11.6 Å². The molecule has 12 heteroatoms. The van der Waals surface area contributed by atoms with Gasteiger partial charge < -0.3 is 23.5 Å². The summed E-state index contributed by atoms with van der Waals surface area (Å²) in [6.07, 6.45) is -1.37. The van der Waals surface area contributed by atoms with Crippen molar-refractivity contribution in [3.05, 3.63) is 69.9 Å². The first-order valence-electron chi connectivity index (χ1n) is 11.2. The molecule has 6 rings (SSSR count). The van der Waals surface area contributed by atoms with Crippen molar-refractivity contribution in [2.45, 2.75) is 44.2 Å². The molecule has 0 spiro atoms. The fraction of sp³-hybridized carbons (Fsp3) is 0.375. The number of hydrogen-bond donors (Lipinski definition) is 0. The lowest BCUT2D eigenvalue weighted by molar-refractivity contribution is -0.275. The summed E-state index contributed by atoms with van der Waals surface area (Å²) in [5, 5.41) is 0. The smallest absolute Gasteiger partial charge is 0.486 e. The van der Waals surface area contributed by atoms with E-state index in [-0.39, 0.29) is 42.5 Å². The minimum Gasteiger partial charge on any atom is -0.486 e. The van der Waals surface area contributed by atoms with Gasteiger partial charge in [-0.25, -0.2) is 9.37 Å². The van der Waals surface area contributed by atoms with Crippen LogP contribution >= 0.6 is 0 Å². The van der Waals surface area contributed by atoms with Gasteiger partial charge in [-0.05, 0) is 32.0 Å². The van der Waals surface area contributed by atoms with E-state index >= 15 is 0 Å². The molecule has 2 unspecified atom stereocenters. The van der Waals surface area contributed by atoms with Crippen LogP contribution in [-0.4, -0.2) is 50.0 Å². The van der Waals surface area contributed by atoms with Crippen LogP contribution in [0.25, 0.3) is 5.69 Å². The summed E-state index contributed by atoms with van der Waals surface area (Å²) in [5.41, 5.74) is -0.241. The zero-order chi connectivity index (χ0) is 25.6. The number of benzene rings is 1. The van der Waals surface area contributed by atoms with E-state index < -0.39 is 28.9 Å². The number of ether oxygens (including phenoxy) is 2. The maximum Gasteiger partial charge on any atom is 0.573 e. The minimum absolute atomic E-state index is 0.136. The quantitative estimate of drug-likeness (QED) is 0.510. The highest BCUT2D eigenvalue weighted by molar-refractivity contribution is 5.93. The Morgan fingerprint density at radius 2 is 1.97 bits per heavy atom. The van der Waals surface area contributed by atoms with Crippen LogP contribution in [0.5, 0.6) is 11.5 Å². The van der Waals surface area contributed by atoms with Crippen LogP contribution in [0.2, 0.25) is 0 Å². The number of carbonyl (C=O) groups is 1. The zero-order valence-corrected chi connectivity index (χ0v) is 19.2. The molecule has 2 aromatic heterocycles. The van der Waals surface area contributed by atoms with Crippen LogP contribution in [0.15, 0.2) is 41.6 Å². The number of rotatable bonds is 4. The summed E-state index contributed by atoms with van der Waals surface area (Å²) < 4.78 is 65.4. The maximum absolute atomic E-state index is 14.2. The monoisotopic (exact) mass is 504 g/mol. The number of aromatic nitrogens is 3. The second-order valence-corrected chi connectivity index (χ2v) is 9.63. The number of hydrogen-bond acceptors (Lipinski definition) is 5. The Hall–Kier alpha value is -3.83. The Balaban J connectivity index is 1.31. The average molecular weight is 504 g/mol. The summed E-state index contributed by atoms with van der Waals surface area (Å²) in [4.78, 5) is 32.1. The van der Waals surface area contributed by atoms with Crippen molar-refractivity contribution in [3.8, 4) is 17.2 Å². The molecule has 1 saturated carbocycles. The molecule has 2 aliphatic heterocycles. The van der Waals surface area contributed by atoms with E-state index in [9.17, 15) is 27.2 Å². The summed E-state index contributed by atoms with van der Waals surface area (Å²) in [6, 6.07) is 5.05. The van der Waals surface area contributed by atoms with E-state index in [2.05, 4.69) is 9.72 Å². The highest BCUT2D eigenvalue weighted by Gasteiger charge is 2.73. The third-order valence-electron chi connectivity index (χ3n) is 7.34. The van der Waals surface area contributed by atoms with E-state index in [0.717, 1.165) is 17.8 Å². The molecule has 1 fully saturated rings. The van der Waals surface area contributed by atoms with Gasteiger partial charge in [-0.3, -0.25) is 9.59 Å². The first-order chi connectivity index (χ1) is 16.9. The van der Waals surface area contributed by atoms with E-state index in [1.807, 2.05) is 0 Å². The molecule has 4 heterocycles. The molecule has 0 radical (unpaired) electrons. The number of halogens is 4. The van der Waals surface area contributed by atoms with E-state index in [0.29, 0.717) is 17.7 Å². The van der Waals surface area contributed by atoms with Gasteiger partial charge in [0.1, 0.15) is 22.7 Å². The number of nitrogens with zero attached hydrogens (tertiary/aromatic N) is 4. The Morgan fingerprint density at radius 1 is 1.19 bits per heavy atom. The molecule has 1 aliphatic carbocycles. The number of carbonyl (C=O) groups excluding carboxylic acids is 1. The highest BCUT2D eigenvalue weighted by Crippen LogP contribution is 2.67. The standard InChI is InChI=1S/C24H20F4N4O4/c1-13-9-31(12-29-13)16-3-4-17-20(33)30(5-6-32(17)21(16)34)11-23-10-22(23,2)35-18-8-15(25)19(7-14(18)23)36-24(26,27)28/h3-4,7-9,12H,5-6,10-11H2,1-2H3. The largest absolute Gasteiger partial charge is 0.573 e. The van der Waals surface area contributed by atoms with Gasteiger partial charge in [-0.15, -0.1) is 13.2 Å². The van der Waals surface area contributed by atoms with Crippen LogP contribution < -0.4 is 15.0 Å². The molecule has 0 N–H and O–H groups in total. The van der Waals surface area contributed by atoms with E-state index in [1.54, 1.807) is 41.6 Å². The normalized spacial score (nSPS) is 24.2. The van der Waals surface area contributed by atoms with Crippen LogP contribution in [0.4, 0.5) is 17.6 Å². The average Bonchev–Trinajstić information content (AvgIpc) is 3.04. The van der Waals surface area contributed by atoms with Crippen molar-refractivity contribution in [2.75, 3.05) is 13.1 Å². The molecule has 0 bridgehead atoms. The Kier molecular flexibility index (Phi) is 4.47. The van der Waals surface area contributed by atoms with Crippen molar-refractivity contribution < 1.29 is 31.8 Å². The number of aryl methyl sites for hydroxylation is 1. The second-order valence-electron chi connectivity index (χ2n) is 9.63. The fourth-order valence-electron chi connectivity index (χ4n) is 5.48. The molecule has 2 atom stereocenters. The predicted octanol–water partition coefficient (Wildman–Crippen LogP) is 3.33. The molecule has 3 aliphatic rings. The van der Waals surface area contributed by atoms with Gasteiger partial charge in [0.05, 0.1) is 17.4 Å². The molecule has 1 aromatic carbocycles. The first kappa shape index (κ1) is 22.6. The topological polar surface area (TPSA) is 78.6 Å². The summed E-state index contributed by atoms with van der Waals surface area (Å²) in [5.74, 6) is -2.36. The van der Waals surface area contributed by atoms with Crippen LogP contribution in [0, 0.1) is 12.7 Å². The van der Waals surface area contributed by atoms with Crippen LogP contribution in [0.1, 0.15) is 35.1 Å². The van der Waals surface area contributed by atoms with Crippen molar-refractivity contribution in [3.63, 3.8) is 0 Å². The van der Waals surface area contributed by atoms with Gasteiger partial charge in [0.25, 0.3) is 11.5 Å². The molecule has 0 saturated heterocycles. The van der Waals surface area contributed by atoms with Crippen LogP contribution in [0.3, 0.4) is 0 Å². The Labute approximate surface area is 201 Å². The summed E-state index contributed by atoms with van der Waals surface area (Å²) >= 11 is 0. The summed E-state index contributed by atoms with van der Waals surface area (Å²) in [6.45, 7) is 4.19. The second kappa shape index (κ2) is 7.11. The molecular weight excluding hydrogens is 484 g/mol. The van der Waals surface area contributed by atoms with Crippen molar-refractivity contribution in [1.29, 1.82) is 0 Å². The maximum atomic E-state index is 14.2. The molecule has 8 nitrogen and oxygen atoms in total. The summed E-state index contributed by atoms with van der Waals surface area (Å²) in [7, 11) is 0. The third kappa shape index (κ3) is 3.23. The minimum atomic E-state index is -5.05. The number of pyridine rings is 1. The predicted molar refractivity (Wildman–Crippen MR) is 117 cm³/mol. The number of fused-ring (bicyclic) bond motifs is 4. The van der Waals surface area contributed by atoms with Crippen LogP contribution in [-0.2, 0) is 12.0 Å². The van der Waals surface area contributed by atoms with E-state index in [1.165, 1.54) is 10.9 Å². The first-order valence-corrected chi connectivity index (χ1v) is 11.2. The van der Waals surface area contributed by atoms with Gasteiger partial charge >= 0.3 is 6.36 Å². The molecule has 188 valence electrons. The lowest BCUT2D eigenvalue weighted by Crippen LogP contribution is -2.48. The van der Waals surface area contributed by atoms with Gasteiger partial charge in [-0.2, -0.15) is 0 Å². The molecular formula is C24H20F4N4O4. The highest BCUT2D eigenvalue weighted by atomic mass is 19.4. The molecule has 3 aromatic rings. The van der Waals surface area contributed by atoms with Crippen molar-refractivity contribution in [1.82, 2.24) is 19.0 Å². The van der Waals surface area contributed by atoms with E-state index in [4.69, 9.17) is 4.74 Å². The fourth-order valence-corrected chi connectivity index (χ4v) is 5.48. The van der Waals surface area contributed by atoms with Gasteiger partial charge in [0.2, 0.25) is 0 Å². The third-order valence-corrected chi connectivity index (χ3v) is 7.34. The number of alkyl halides is 3. The molecule has 36 heavy (non-hydrogen) atoms. The lowest BCUT2D eigenvalue weighted by atomic mass is 9.92. The van der Waals surface area contributed by atoms with Gasteiger partial charge in [0, 0.05) is 43.9 Å². The van der Waals surface area contributed by atoms with Crippen molar-refractivity contribution in [2.24, 2.45) is 0 Å². The Morgan fingerprint density at radius 3 is 2.67 bits per heavy atom. The SMILES string of the molecule is Cc1cn(-c2ccc3n(c2=O)CCN(CC24CC2(C)Oc2cc(F)c(OC(F)(F)F)cc24)C3=O)cn1.